The standard InChI is InChI=1S/C18H29N3O2/c1-14-11-15(2)13-17(12-14)21(16(3)22)10-7-18(23)19-8-6-9-20(4)5/h11-13H,6-10H2,1-5H3,(H,19,23). The Balaban J connectivity index is 2.54. The highest BCUT2D eigenvalue weighted by molar-refractivity contribution is 5.92. The lowest BCUT2D eigenvalue weighted by atomic mass is 10.1. The van der Waals surface area contributed by atoms with E-state index in [1.807, 2.05) is 40.1 Å². The minimum atomic E-state index is -0.0459. The van der Waals surface area contributed by atoms with Crippen LogP contribution in [-0.2, 0) is 9.59 Å². The molecule has 0 atom stereocenters. The van der Waals surface area contributed by atoms with Crippen LogP contribution in [0.5, 0.6) is 0 Å². The highest BCUT2D eigenvalue weighted by Crippen LogP contribution is 2.19. The fourth-order valence-electron chi connectivity index (χ4n) is 2.50. The Hall–Kier alpha value is -1.88. The Morgan fingerprint density at radius 1 is 1.04 bits per heavy atom. The molecule has 23 heavy (non-hydrogen) atoms. The molecule has 0 saturated carbocycles. The van der Waals surface area contributed by atoms with Crippen molar-refractivity contribution in [3.8, 4) is 0 Å². The number of aryl methyl sites for hydroxylation is 2. The molecule has 1 aromatic rings. The number of carbonyl (C=O) groups is 2. The largest absolute Gasteiger partial charge is 0.356 e. The minimum Gasteiger partial charge on any atom is -0.356 e. The molecule has 1 aromatic carbocycles. The summed E-state index contributed by atoms with van der Waals surface area (Å²) in [5, 5.41) is 2.90. The van der Waals surface area contributed by atoms with Gasteiger partial charge < -0.3 is 15.1 Å². The van der Waals surface area contributed by atoms with Gasteiger partial charge in [0.05, 0.1) is 0 Å². The Morgan fingerprint density at radius 3 is 2.17 bits per heavy atom. The number of hydrogen-bond acceptors (Lipinski definition) is 3. The van der Waals surface area contributed by atoms with Crippen molar-refractivity contribution >= 4 is 17.5 Å². The van der Waals surface area contributed by atoms with E-state index in [1.54, 1.807) is 4.90 Å². The highest BCUT2D eigenvalue weighted by Gasteiger charge is 2.14. The highest BCUT2D eigenvalue weighted by atomic mass is 16.2. The van der Waals surface area contributed by atoms with Crippen molar-refractivity contribution < 1.29 is 9.59 Å². The molecule has 0 heterocycles. The maximum absolute atomic E-state index is 11.9. The fraction of sp³-hybridized carbons (Fsp3) is 0.556. The number of nitrogens with zero attached hydrogens (tertiary/aromatic N) is 2. The minimum absolute atomic E-state index is 0.0145. The van der Waals surface area contributed by atoms with E-state index in [0.29, 0.717) is 19.5 Å². The Morgan fingerprint density at radius 2 is 1.65 bits per heavy atom. The Labute approximate surface area is 139 Å². The average Bonchev–Trinajstić information content (AvgIpc) is 2.42. The lowest BCUT2D eigenvalue weighted by molar-refractivity contribution is -0.121. The smallest absolute Gasteiger partial charge is 0.223 e. The van der Waals surface area contributed by atoms with Gasteiger partial charge in [-0.2, -0.15) is 0 Å². The monoisotopic (exact) mass is 319 g/mol. The van der Waals surface area contributed by atoms with E-state index in [1.165, 1.54) is 6.92 Å². The maximum Gasteiger partial charge on any atom is 0.223 e. The van der Waals surface area contributed by atoms with Crippen LogP contribution in [0.25, 0.3) is 0 Å². The van der Waals surface area contributed by atoms with Gasteiger partial charge in [0.15, 0.2) is 0 Å². The van der Waals surface area contributed by atoms with Crippen molar-refractivity contribution in [2.75, 3.05) is 38.6 Å². The van der Waals surface area contributed by atoms with E-state index < -0.39 is 0 Å². The number of benzene rings is 1. The van der Waals surface area contributed by atoms with Gasteiger partial charge in [0.1, 0.15) is 0 Å². The van der Waals surface area contributed by atoms with Crippen molar-refractivity contribution in [3.05, 3.63) is 29.3 Å². The van der Waals surface area contributed by atoms with Crippen LogP contribution in [0.4, 0.5) is 5.69 Å². The van der Waals surface area contributed by atoms with Crippen molar-refractivity contribution in [2.24, 2.45) is 0 Å². The third-order valence-corrected chi connectivity index (χ3v) is 3.56. The topological polar surface area (TPSA) is 52.7 Å². The van der Waals surface area contributed by atoms with E-state index in [0.717, 1.165) is 29.8 Å². The van der Waals surface area contributed by atoms with Crippen LogP contribution in [0.15, 0.2) is 18.2 Å². The molecule has 0 aliphatic carbocycles. The molecule has 0 aliphatic heterocycles. The number of amides is 2. The van der Waals surface area contributed by atoms with Gasteiger partial charge in [0.25, 0.3) is 0 Å². The van der Waals surface area contributed by atoms with Crippen LogP contribution in [0.2, 0.25) is 0 Å². The maximum atomic E-state index is 11.9. The molecule has 0 unspecified atom stereocenters. The van der Waals surface area contributed by atoms with E-state index in [9.17, 15) is 9.59 Å². The van der Waals surface area contributed by atoms with Gasteiger partial charge in [-0.3, -0.25) is 9.59 Å². The number of rotatable bonds is 8. The first-order valence-corrected chi connectivity index (χ1v) is 8.07. The van der Waals surface area contributed by atoms with Crippen LogP contribution in [0.1, 0.15) is 30.9 Å². The summed E-state index contributed by atoms with van der Waals surface area (Å²) in [6.07, 6.45) is 1.24. The SMILES string of the molecule is CC(=O)N(CCC(=O)NCCCN(C)C)c1cc(C)cc(C)c1. The van der Waals surface area contributed by atoms with Crippen molar-refractivity contribution in [2.45, 2.75) is 33.6 Å². The van der Waals surface area contributed by atoms with Crippen molar-refractivity contribution in [1.29, 1.82) is 0 Å². The summed E-state index contributed by atoms with van der Waals surface area (Å²) in [6, 6.07) is 6.02. The van der Waals surface area contributed by atoms with Gasteiger partial charge in [-0.25, -0.2) is 0 Å². The van der Waals surface area contributed by atoms with Crippen LogP contribution in [-0.4, -0.2) is 50.4 Å². The molecule has 0 saturated heterocycles. The molecule has 0 spiro atoms. The van der Waals surface area contributed by atoms with Gasteiger partial charge in [0.2, 0.25) is 11.8 Å². The predicted molar refractivity (Wildman–Crippen MR) is 94.7 cm³/mol. The molecule has 0 bridgehead atoms. The number of nitrogens with one attached hydrogen (secondary N) is 1. The number of anilines is 1. The Kier molecular flexibility index (Phi) is 7.75. The zero-order chi connectivity index (χ0) is 17.4. The van der Waals surface area contributed by atoms with Gasteiger partial charge in [-0.15, -0.1) is 0 Å². The second kappa shape index (κ2) is 9.30. The third-order valence-electron chi connectivity index (χ3n) is 3.56. The van der Waals surface area contributed by atoms with Gasteiger partial charge in [0, 0.05) is 32.1 Å². The summed E-state index contributed by atoms with van der Waals surface area (Å²) >= 11 is 0. The third kappa shape index (κ3) is 7.28. The van der Waals surface area contributed by atoms with Crippen molar-refractivity contribution in [3.63, 3.8) is 0 Å². The molecule has 0 aliphatic rings. The summed E-state index contributed by atoms with van der Waals surface area (Å²) in [4.78, 5) is 27.6. The van der Waals surface area contributed by atoms with Crippen LogP contribution in [0.3, 0.4) is 0 Å². The van der Waals surface area contributed by atoms with Gasteiger partial charge >= 0.3 is 0 Å². The molecule has 0 radical (unpaired) electrons. The second-order valence-corrected chi connectivity index (χ2v) is 6.27. The normalized spacial score (nSPS) is 10.7. The fourth-order valence-corrected chi connectivity index (χ4v) is 2.50. The van der Waals surface area contributed by atoms with E-state index in [2.05, 4.69) is 16.3 Å². The number of hydrogen-bond donors (Lipinski definition) is 1. The first-order chi connectivity index (χ1) is 10.8. The summed E-state index contributed by atoms with van der Waals surface area (Å²) in [5.74, 6) is -0.0604. The van der Waals surface area contributed by atoms with Crippen LogP contribution >= 0.6 is 0 Å². The van der Waals surface area contributed by atoms with Crippen LogP contribution in [0, 0.1) is 13.8 Å². The summed E-state index contributed by atoms with van der Waals surface area (Å²) in [7, 11) is 4.02. The lowest BCUT2D eigenvalue weighted by Gasteiger charge is -2.22. The molecular formula is C18H29N3O2. The lowest BCUT2D eigenvalue weighted by Crippen LogP contribution is -2.34. The summed E-state index contributed by atoms with van der Waals surface area (Å²) in [5.41, 5.74) is 3.08. The zero-order valence-corrected chi connectivity index (χ0v) is 15.0. The van der Waals surface area contributed by atoms with Crippen LogP contribution < -0.4 is 10.2 Å². The zero-order valence-electron chi connectivity index (χ0n) is 15.0. The molecular weight excluding hydrogens is 290 g/mol. The Bertz CT molecular complexity index is 521. The molecule has 128 valence electrons. The summed E-state index contributed by atoms with van der Waals surface area (Å²) in [6.45, 7) is 7.56. The van der Waals surface area contributed by atoms with Gasteiger partial charge in [-0.1, -0.05) is 6.07 Å². The van der Waals surface area contributed by atoms with E-state index >= 15 is 0 Å². The molecule has 5 nitrogen and oxygen atoms in total. The van der Waals surface area contributed by atoms with E-state index in [4.69, 9.17) is 0 Å². The molecule has 5 heteroatoms. The molecule has 0 aromatic heterocycles. The number of carbonyl (C=O) groups excluding carboxylic acids is 2. The molecule has 1 rings (SSSR count). The van der Waals surface area contributed by atoms with Crippen molar-refractivity contribution in [1.82, 2.24) is 10.2 Å². The molecule has 1 N–H and O–H groups in total. The quantitative estimate of drug-likeness (QED) is 0.747. The predicted octanol–water partition coefficient (Wildman–Crippen LogP) is 2.11. The van der Waals surface area contributed by atoms with Gasteiger partial charge in [-0.05, 0) is 64.2 Å². The first-order valence-electron chi connectivity index (χ1n) is 8.07. The van der Waals surface area contributed by atoms with E-state index in [-0.39, 0.29) is 11.8 Å². The first kappa shape index (κ1) is 19.2. The average molecular weight is 319 g/mol. The molecule has 2 amide bonds. The molecule has 0 fully saturated rings. The summed E-state index contributed by atoms with van der Waals surface area (Å²) < 4.78 is 0. The second-order valence-electron chi connectivity index (χ2n) is 6.27.